The number of rotatable bonds is 7. The molecule has 0 saturated carbocycles. The van der Waals surface area contributed by atoms with Crippen LogP contribution in [0.4, 0.5) is 10.2 Å². The molecule has 3 aromatic rings. The summed E-state index contributed by atoms with van der Waals surface area (Å²) in [5.74, 6) is 0.843. The maximum absolute atomic E-state index is 13.3. The van der Waals surface area contributed by atoms with Crippen LogP contribution in [0, 0.1) is 5.82 Å². The van der Waals surface area contributed by atoms with Gasteiger partial charge in [-0.25, -0.2) is 9.37 Å². The number of nitrogens with one attached hydrogen (secondary N) is 1. The van der Waals surface area contributed by atoms with Crippen molar-refractivity contribution in [3.8, 4) is 16.9 Å². The number of halogens is 1. The van der Waals surface area contributed by atoms with Crippen LogP contribution in [0.5, 0.6) is 5.75 Å². The van der Waals surface area contributed by atoms with E-state index in [1.54, 1.807) is 24.3 Å². The van der Waals surface area contributed by atoms with Crippen molar-refractivity contribution in [3.05, 3.63) is 77.7 Å². The van der Waals surface area contributed by atoms with Crippen molar-refractivity contribution in [2.75, 3.05) is 25.4 Å². The van der Waals surface area contributed by atoms with Gasteiger partial charge in [-0.15, -0.1) is 0 Å². The molecule has 1 saturated heterocycles. The quantitative estimate of drug-likeness (QED) is 0.564. The zero-order valence-corrected chi connectivity index (χ0v) is 18.8. The van der Waals surface area contributed by atoms with Crippen molar-refractivity contribution in [2.45, 2.75) is 32.4 Å². The molecule has 1 aliphatic rings. The van der Waals surface area contributed by atoms with Crippen LogP contribution in [0.25, 0.3) is 11.1 Å². The molecule has 0 aliphatic carbocycles. The minimum atomic E-state index is -0.252. The van der Waals surface area contributed by atoms with E-state index in [9.17, 15) is 9.18 Å². The highest BCUT2D eigenvalue weighted by atomic mass is 19.1. The van der Waals surface area contributed by atoms with Gasteiger partial charge in [0, 0.05) is 37.4 Å². The fourth-order valence-corrected chi connectivity index (χ4v) is 4.11. The maximum atomic E-state index is 13.3. The molecule has 1 fully saturated rings. The van der Waals surface area contributed by atoms with Gasteiger partial charge in [0.1, 0.15) is 17.4 Å². The summed E-state index contributed by atoms with van der Waals surface area (Å²) in [5.41, 5.74) is 9.17. The van der Waals surface area contributed by atoms with Gasteiger partial charge in [0.2, 0.25) is 0 Å². The van der Waals surface area contributed by atoms with E-state index in [0.717, 1.165) is 49.4 Å². The second-order valence-corrected chi connectivity index (χ2v) is 8.27. The summed E-state index contributed by atoms with van der Waals surface area (Å²) in [6, 6.07) is 16.2. The summed E-state index contributed by atoms with van der Waals surface area (Å²) >= 11 is 0. The molecule has 1 aliphatic heterocycles. The lowest BCUT2D eigenvalue weighted by molar-refractivity contribution is 0.0908. The van der Waals surface area contributed by atoms with Crippen molar-refractivity contribution in [2.24, 2.45) is 0 Å². The van der Waals surface area contributed by atoms with Gasteiger partial charge < -0.3 is 15.8 Å². The van der Waals surface area contributed by atoms with E-state index < -0.39 is 0 Å². The van der Waals surface area contributed by atoms with Crippen molar-refractivity contribution in [3.63, 3.8) is 0 Å². The van der Waals surface area contributed by atoms with Crippen molar-refractivity contribution >= 4 is 11.7 Å². The Balaban J connectivity index is 1.35. The number of nitrogens with two attached hydrogens (primary N) is 1. The third-order valence-electron chi connectivity index (χ3n) is 5.88. The van der Waals surface area contributed by atoms with Crippen molar-refractivity contribution in [1.82, 2.24) is 15.2 Å². The fraction of sp³-hybridized carbons (Fsp3) is 0.308. The first-order valence-corrected chi connectivity index (χ1v) is 11.3. The van der Waals surface area contributed by atoms with Gasteiger partial charge in [-0.1, -0.05) is 24.3 Å². The van der Waals surface area contributed by atoms with E-state index in [4.69, 9.17) is 10.5 Å². The number of nitrogens with zero attached hydrogens (tertiary/aromatic N) is 2. The molecule has 1 amide bonds. The second kappa shape index (κ2) is 10.4. The van der Waals surface area contributed by atoms with Crippen LogP contribution < -0.4 is 15.8 Å². The van der Waals surface area contributed by atoms with E-state index >= 15 is 0 Å². The Hall–Kier alpha value is -3.45. The number of nitrogen functional groups attached to an aromatic ring is 1. The minimum absolute atomic E-state index is 0.112. The Bertz CT molecular complexity index is 1080. The molecule has 1 aromatic heterocycles. The summed E-state index contributed by atoms with van der Waals surface area (Å²) in [6.07, 6.45) is 3.28. The van der Waals surface area contributed by atoms with Crippen LogP contribution in [0.1, 0.15) is 35.7 Å². The number of carbonyl (C=O) groups is 1. The molecule has 3 N–H and O–H groups in total. The Kier molecular flexibility index (Phi) is 7.19. The van der Waals surface area contributed by atoms with Crippen molar-refractivity contribution < 1.29 is 13.9 Å². The number of anilines is 1. The minimum Gasteiger partial charge on any atom is -0.493 e. The van der Waals surface area contributed by atoms with Crippen LogP contribution in [0.2, 0.25) is 0 Å². The predicted molar refractivity (Wildman–Crippen MR) is 127 cm³/mol. The van der Waals surface area contributed by atoms with Crippen LogP contribution in [-0.2, 0) is 6.54 Å². The Morgan fingerprint density at radius 3 is 2.58 bits per heavy atom. The number of amides is 1. The summed E-state index contributed by atoms with van der Waals surface area (Å²) in [4.78, 5) is 18.8. The predicted octanol–water partition coefficient (Wildman–Crippen LogP) is 4.26. The lowest BCUT2D eigenvalue weighted by Gasteiger charge is -2.32. The van der Waals surface area contributed by atoms with Gasteiger partial charge in [-0.05, 0) is 61.2 Å². The molecular formula is C26H29FN4O2. The molecule has 0 radical (unpaired) electrons. The number of ether oxygens (including phenoxy) is 1. The van der Waals surface area contributed by atoms with Crippen molar-refractivity contribution in [1.29, 1.82) is 0 Å². The summed E-state index contributed by atoms with van der Waals surface area (Å²) in [7, 11) is 0. The van der Waals surface area contributed by atoms with Gasteiger partial charge in [-0.3, -0.25) is 9.69 Å². The molecule has 4 rings (SSSR count). The Morgan fingerprint density at radius 1 is 1.15 bits per heavy atom. The van der Waals surface area contributed by atoms with Crippen LogP contribution in [0.3, 0.4) is 0 Å². The molecule has 6 nitrogen and oxygen atoms in total. The average molecular weight is 449 g/mol. The van der Waals surface area contributed by atoms with E-state index in [-0.39, 0.29) is 17.8 Å². The van der Waals surface area contributed by atoms with Gasteiger partial charge in [0.05, 0.1) is 12.2 Å². The molecular weight excluding hydrogens is 419 g/mol. The maximum Gasteiger partial charge on any atom is 0.253 e. The summed E-state index contributed by atoms with van der Waals surface area (Å²) in [6.45, 7) is 5.13. The molecule has 33 heavy (non-hydrogen) atoms. The highest BCUT2D eigenvalue weighted by Gasteiger charge is 2.22. The highest BCUT2D eigenvalue weighted by molar-refractivity contribution is 5.94. The molecule has 2 heterocycles. The number of pyridine rings is 1. The third-order valence-corrected chi connectivity index (χ3v) is 5.88. The highest BCUT2D eigenvalue weighted by Crippen LogP contribution is 2.32. The molecule has 172 valence electrons. The average Bonchev–Trinajstić information content (AvgIpc) is 2.82. The molecule has 2 aromatic carbocycles. The summed E-state index contributed by atoms with van der Waals surface area (Å²) in [5, 5.41) is 3.10. The van der Waals surface area contributed by atoms with Gasteiger partial charge in [0.25, 0.3) is 5.91 Å². The normalized spacial score (nSPS) is 14.7. The van der Waals surface area contributed by atoms with E-state index in [2.05, 4.69) is 27.3 Å². The smallest absolute Gasteiger partial charge is 0.253 e. The molecule has 0 bridgehead atoms. The molecule has 0 atom stereocenters. The number of hydrogen-bond donors (Lipinski definition) is 2. The molecule has 7 heteroatoms. The van der Waals surface area contributed by atoms with Crippen LogP contribution in [0.15, 0.2) is 60.8 Å². The number of aromatic nitrogens is 1. The van der Waals surface area contributed by atoms with Gasteiger partial charge in [-0.2, -0.15) is 0 Å². The SMILES string of the molecule is CCOc1cc(CN2CCC(NC(=O)c3ccc(N)nc3)CC2)ccc1-c1ccc(F)cc1. The zero-order valence-electron chi connectivity index (χ0n) is 18.8. The van der Waals surface area contributed by atoms with Gasteiger partial charge >= 0.3 is 0 Å². The summed E-state index contributed by atoms with van der Waals surface area (Å²) < 4.78 is 19.2. The number of carbonyl (C=O) groups excluding carboxylic acids is 1. The number of benzene rings is 2. The first-order chi connectivity index (χ1) is 16.0. The number of piperidine rings is 1. The fourth-order valence-electron chi connectivity index (χ4n) is 4.11. The first-order valence-electron chi connectivity index (χ1n) is 11.3. The van der Waals surface area contributed by atoms with Gasteiger partial charge in [0.15, 0.2) is 0 Å². The standard InChI is InChI=1S/C26H29FN4O2/c1-2-33-24-15-18(3-9-23(24)19-4-7-21(27)8-5-19)17-31-13-11-22(12-14-31)30-26(32)20-6-10-25(28)29-16-20/h3-10,15-16,22H,2,11-14,17H2,1H3,(H2,28,29)(H,30,32). The van der Waals surface area contributed by atoms with E-state index in [1.165, 1.54) is 23.9 Å². The Labute approximate surface area is 193 Å². The molecule has 0 unspecified atom stereocenters. The first kappa shape index (κ1) is 22.7. The second-order valence-electron chi connectivity index (χ2n) is 8.27. The lowest BCUT2D eigenvalue weighted by atomic mass is 10.0. The third kappa shape index (κ3) is 5.87. The van der Waals surface area contributed by atoms with Crippen LogP contribution >= 0.6 is 0 Å². The molecule has 0 spiro atoms. The zero-order chi connectivity index (χ0) is 23.2. The van der Waals surface area contributed by atoms with Crippen LogP contribution in [-0.4, -0.2) is 41.5 Å². The number of likely N-dealkylation sites (tertiary alicyclic amines) is 1. The van der Waals surface area contributed by atoms with E-state index in [1.807, 2.05) is 13.0 Å². The van der Waals surface area contributed by atoms with E-state index in [0.29, 0.717) is 18.0 Å². The number of hydrogen-bond acceptors (Lipinski definition) is 5. The largest absolute Gasteiger partial charge is 0.493 e. The Morgan fingerprint density at radius 2 is 1.91 bits per heavy atom. The topological polar surface area (TPSA) is 80.5 Å². The lowest BCUT2D eigenvalue weighted by Crippen LogP contribution is -2.44. The monoisotopic (exact) mass is 448 g/mol.